The van der Waals surface area contributed by atoms with Crippen LogP contribution in [0.5, 0.6) is 0 Å². The molecular weight excluding hydrogens is 422 g/mol. The second-order valence-electron chi connectivity index (χ2n) is 11.2. The first-order valence-electron chi connectivity index (χ1n) is 12.1. The summed E-state index contributed by atoms with van der Waals surface area (Å²) in [5, 5.41) is 0. The highest BCUT2D eigenvalue weighted by Crippen LogP contribution is 2.57. The van der Waals surface area contributed by atoms with Crippen molar-refractivity contribution in [3.8, 4) is 0 Å². The van der Waals surface area contributed by atoms with Crippen molar-refractivity contribution in [1.29, 1.82) is 0 Å². The minimum absolute atomic E-state index is 0.0470. The SMILES string of the molecule is CCCCc1cn(C(C)(C)C)sc1=NC(=O)[C@]1(C)CC[C@H](C(=O)N2CCOCC2)C1(C)C. The molecule has 32 heavy (non-hydrogen) atoms. The molecule has 1 aromatic heterocycles. The smallest absolute Gasteiger partial charge is 0.253 e. The van der Waals surface area contributed by atoms with Gasteiger partial charge in [-0.25, -0.2) is 4.99 Å². The Morgan fingerprint density at radius 1 is 1.22 bits per heavy atom. The maximum atomic E-state index is 13.7. The van der Waals surface area contributed by atoms with Gasteiger partial charge in [0.2, 0.25) is 5.91 Å². The summed E-state index contributed by atoms with van der Waals surface area (Å²) in [6.45, 7) is 17.3. The van der Waals surface area contributed by atoms with Crippen LogP contribution >= 0.6 is 11.5 Å². The number of carbonyl (C=O) groups excluding carboxylic acids is 2. The summed E-state index contributed by atoms with van der Waals surface area (Å²) in [4.78, 5) is 33.6. The van der Waals surface area contributed by atoms with E-state index in [2.05, 4.69) is 51.7 Å². The zero-order chi connectivity index (χ0) is 23.7. The standard InChI is InChI=1S/C25H41N3O3S/c1-8-9-10-18-17-28(23(2,3)4)32-20(18)26-22(30)25(7)12-11-19(24(25,5)6)21(29)27-13-15-31-16-14-27/h17,19H,8-16H2,1-7H3/t19-,25+/m1/s1. The van der Waals surface area contributed by atoms with Gasteiger partial charge in [0.05, 0.1) is 18.6 Å². The highest BCUT2D eigenvalue weighted by Gasteiger charge is 2.58. The lowest BCUT2D eigenvalue weighted by Gasteiger charge is -2.40. The Morgan fingerprint density at radius 2 is 1.88 bits per heavy atom. The number of hydrogen-bond acceptors (Lipinski definition) is 4. The van der Waals surface area contributed by atoms with Crippen LogP contribution in [-0.2, 0) is 26.3 Å². The summed E-state index contributed by atoms with van der Waals surface area (Å²) in [5.74, 6) is -0.0762. The van der Waals surface area contributed by atoms with E-state index in [4.69, 9.17) is 9.73 Å². The van der Waals surface area contributed by atoms with E-state index < -0.39 is 10.8 Å². The maximum Gasteiger partial charge on any atom is 0.253 e. The molecule has 0 N–H and O–H groups in total. The van der Waals surface area contributed by atoms with E-state index in [0.29, 0.717) is 32.7 Å². The monoisotopic (exact) mass is 463 g/mol. The number of rotatable bonds is 5. The minimum Gasteiger partial charge on any atom is -0.378 e. The normalized spacial score (nSPS) is 26.5. The molecule has 2 heterocycles. The number of ether oxygens (including phenoxy) is 1. The number of carbonyl (C=O) groups is 2. The van der Waals surface area contributed by atoms with Crippen molar-refractivity contribution in [3.05, 3.63) is 16.4 Å². The van der Waals surface area contributed by atoms with Crippen molar-refractivity contribution in [2.75, 3.05) is 26.3 Å². The molecule has 2 aliphatic rings. The average Bonchev–Trinajstić information content (AvgIpc) is 3.25. The third kappa shape index (κ3) is 4.74. The lowest BCUT2D eigenvalue weighted by Crippen LogP contribution is -2.49. The molecule has 2 amide bonds. The minimum atomic E-state index is -0.655. The molecule has 180 valence electrons. The zero-order valence-electron chi connectivity index (χ0n) is 21.0. The second kappa shape index (κ2) is 9.41. The molecule has 0 unspecified atom stereocenters. The predicted octanol–water partition coefficient (Wildman–Crippen LogP) is 4.38. The molecular formula is C25H41N3O3S. The van der Waals surface area contributed by atoms with Crippen LogP contribution in [0.3, 0.4) is 0 Å². The van der Waals surface area contributed by atoms with Crippen molar-refractivity contribution >= 4 is 23.3 Å². The molecule has 0 spiro atoms. The van der Waals surface area contributed by atoms with E-state index in [1.807, 2.05) is 11.8 Å². The maximum absolute atomic E-state index is 13.7. The van der Waals surface area contributed by atoms with Crippen LogP contribution in [0.25, 0.3) is 0 Å². The van der Waals surface area contributed by atoms with Gasteiger partial charge in [-0.1, -0.05) is 34.1 Å². The Hall–Kier alpha value is -1.47. The number of morpholine rings is 1. The van der Waals surface area contributed by atoms with Gasteiger partial charge in [0, 0.05) is 36.3 Å². The fourth-order valence-electron chi connectivity index (χ4n) is 4.87. The highest BCUT2D eigenvalue weighted by atomic mass is 32.1. The number of aromatic nitrogens is 1. The van der Waals surface area contributed by atoms with Crippen molar-refractivity contribution in [1.82, 2.24) is 8.86 Å². The van der Waals surface area contributed by atoms with Gasteiger partial charge in [-0.05, 0) is 63.4 Å². The Kier molecular flexibility index (Phi) is 7.40. The Balaban J connectivity index is 1.90. The fraction of sp³-hybridized carbons (Fsp3) is 0.800. The van der Waals surface area contributed by atoms with Crippen LogP contribution in [0.2, 0.25) is 0 Å². The molecule has 1 aliphatic heterocycles. The van der Waals surface area contributed by atoms with Crippen molar-refractivity contribution in [2.45, 2.75) is 86.1 Å². The summed E-state index contributed by atoms with van der Waals surface area (Å²) < 4.78 is 8.45. The fourth-order valence-corrected chi connectivity index (χ4v) is 5.91. The molecule has 0 aromatic carbocycles. The molecule has 1 saturated carbocycles. The van der Waals surface area contributed by atoms with Gasteiger partial charge in [0.15, 0.2) is 0 Å². The topological polar surface area (TPSA) is 63.9 Å². The number of hydrogen-bond donors (Lipinski definition) is 0. The van der Waals surface area contributed by atoms with E-state index in [-0.39, 0.29) is 23.3 Å². The van der Waals surface area contributed by atoms with Gasteiger partial charge >= 0.3 is 0 Å². The summed E-state index contributed by atoms with van der Waals surface area (Å²) in [6.07, 6.45) is 6.71. The van der Waals surface area contributed by atoms with Gasteiger partial charge < -0.3 is 9.64 Å². The molecule has 0 radical (unpaired) electrons. The van der Waals surface area contributed by atoms with E-state index >= 15 is 0 Å². The molecule has 1 aliphatic carbocycles. The number of unbranched alkanes of at least 4 members (excludes halogenated alkanes) is 1. The van der Waals surface area contributed by atoms with Gasteiger partial charge in [-0.3, -0.25) is 13.5 Å². The number of amides is 2. The average molecular weight is 464 g/mol. The molecule has 2 fully saturated rings. The Labute approximate surface area is 197 Å². The second-order valence-corrected chi connectivity index (χ2v) is 12.1. The molecule has 2 atom stereocenters. The predicted molar refractivity (Wildman–Crippen MR) is 128 cm³/mol. The first-order chi connectivity index (χ1) is 14.9. The van der Waals surface area contributed by atoms with Crippen LogP contribution in [0, 0.1) is 16.7 Å². The van der Waals surface area contributed by atoms with Crippen LogP contribution in [0.1, 0.15) is 79.7 Å². The number of nitrogens with zero attached hydrogens (tertiary/aromatic N) is 3. The lowest BCUT2D eigenvalue weighted by atomic mass is 9.65. The van der Waals surface area contributed by atoms with Gasteiger partial charge in [0.1, 0.15) is 4.67 Å². The quantitative estimate of drug-likeness (QED) is 0.651. The van der Waals surface area contributed by atoms with E-state index in [0.717, 1.165) is 35.9 Å². The van der Waals surface area contributed by atoms with Crippen LogP contribution in [0.15, 0.2) is 11.2 Å². The van der Waals surface area contributed by atoms with Gasteiger partial charge in [-0.2, -0.15) is 0 Å². The molecule has 0 bridgehead atoms. The number of aryl methyl sites for hydroxylation is 1. The Morgan fingerprint density at radius 3 is 2.47 bits per heavy atom. The van der Waals surface area contributed by atoms with Crippen molar-refractivity contribution in [3.63, 3.8) is 0 Å². The van der Waals surface area contributed by atoms with Gasteiger partial charge in [-0.15, -0.1) is 0 Å². The summed E-state index contributed by atoms with van der Waals surface area (Å²) in [7, 11) is 0. The molecule has 1 aromatic rings. The highest BCUT2D eigenvalue weighted by molar-refractivity contribution is 7.04. The van der Waals surface area contributed by atoms with Crippen LogP contribution in [0.4, 0.5) is 0 Å². The molecule has 3 rings (SSSR count). The largest absolute Gasteiger partial charge is 0.378 e. The third-order valence-corrected chi connectivity index (χ3v) is 9.09. The summed E-state index contributed by atoms with van der Waals surface area (Å²) >= 11 is 1.57. The lowest BCUT2D eigenvalue weighted by molar-refractivity contribution is -0.146. The van der Waals surface area contributed by atoms with Crippen molar-refractivity contribution < 1.29 is 14.3 Å². The zero-order valence-corrected chi connectivity index (χ0v) is 21.8. The van der Waals surface area contributed by atoms with E-state index in [1.165, 1.54) is 0 Å². The molecule has 1 saturated heterocycles. The van der Waals surface area contributed by atoms with Gasteiger partial charge in [0.25, 0.3) is 5.91 Å². The molecule has 6 nitrogen and oxygen atoms in total. The van der Waals surface area contributed by atoms with Crippen LogP contribution in [-0.4, -0.2) is 47.0 Å². The van der Waals surface area contributed by atoms with E-state index in [1.54, 1.807) is 11.5 Å². The summed E-state index contributed by atoms with van der Waals surface area (Å²) in [6, 6.07) is 0. The Bertz CT molecular complexity index is 902. The first-order valence-corrected chi connectivity index (χ1v) is 12.9. The summed E-state index contributed by atoms with van der Waals surface area (Å²) in [5.41, 5.74) is -0.00288. The van der Waals surface area contributed by atoms with E-state index in [9.17, 15) is 9.59 Å². The van der Waals surface area contributed by atoms with Crippen molar-refractivity contribution in [2.24, 2.45) is 21.7 Å². The third-order valence-electron chi connectivity index (χ3n) is 7.72. The molecule has 7 heteroatoms. The first kappa shape index (κ1) is 25.2. The van der Waals surface area contributed by atoms with Crippen LogP contribution < -0.4 is 4.67 Å².